The van der Waals surface area contributed by atoms with Crippen molar-refractivity contribution in [2.24, 2.45) is 17.8 Å². The number of hydrogen-bond donors (Lipinski definition) is 1. The molecule has 1 aliphatic heterocycles. The van der Waals surface area contributed by atoms with E-state index in [2.05, 4.69) is 26.1 Å². The van der Waals surface area contributed by atoms with Gasteiger partial charge in [-0.3, -0.25) is 10.1 Å². The van der Waals surface area contributed by atoms with Crippen LogP contribution in [0.5, 0.6) is 0 Å². The summed E-state index contributed by atoms with van der Waals surface area (Å²) >= 11 is 0. The Bertz CT molecular complexity index is 248. The monoisotopic (exact) mass is 210 g/mol. The summed E-state index contributed by atoms with van der Waals surface area (Å²) in [5.74, 6) is 2.27. The summed E-state index contributed by atoms with van der Waals surface area (Å²) in [5, 5.41) is 3.30. The maximum absolute atomic E-state index is 12.0. The Labute approximate surface area is 92.2 Å². The fourth-order valence-electron chi connectivity index (χ4n) is 2.41. The van der Waals surface area contributed by atoms with E-state index in [0.717, 1.165) is 19.1 Å². The highest BCUT2D eigenvalue weighted by molar-refractivity contribution is 5.84. The zero-order valence-corrected chi connectivity index (χ0v) is 9.99. The second kappa shape index (κ2) is 4.12. The van der Waals surface area contributed by atoms with Crippen LogP contribution in [0.2, 0.25) is 0 Å². The molecule has 2 rings (SSSR count). The summed E-state index contributed by atoms with van der Waals surface area (Å²) in [6.45, 7) is 8.17. The maximum Gasteiger partial charge on any atom is 0.241 e. The minimum Gasteiger partial charge on any atom is -0.328 e. The van der Waals surface area contributed by atoms with Gasteiger partial charge in [0.15, 0.2) is 0 Å². The van der Waals surface area contributed by atoms with Crippen LogP contribution in [0.25, 0.3) is 0 Å². The predicted molar refractivity (Wildman–Crippen MR) is 60.2 cm³/mol. The van der Waals surface area contributed by atoms with Crippen LogP contribution < -0.4 is 5.32 Å². The van der Waals surface area contributed by atoms with E-state index < -0.39 is 0 Å². The molecule has 0 aromatic heterocycles. The molecular formula is C12H22N2O. The summed E-state index contributed by atoms with van der Waals surface area (Å²) < 4.78 is 0. The highest BCUT2D eigenvalue weighted by atomic mass is 16.2. The average molecular weight is 210 g/mol. The molecule has 2 aliphatic rings. The molecule has 1 saturated carbocycles. The quantitative estimate of drug-likeness (QED) is 0.761. The van der Waals surface area contributed by atoms with Gasteiger partial charge < -0.3 is 4.90 Å². The van der Waals surface area contributed by atoms with Crippen LogP contribution in [0.1, 0.15) is 33.6 Å². The maximum atomic E-state index is 12.0. The van der Waals surface area contributed by atoms with Crippen LogP contribution in [0.3, 0.4) is 0 Å². The van der Waals surface area contributed by atoms with Crippen LogP contribution in [0, 0.1) is 17.8 Å². The highest BCUT2D eigenvalue weighted by Gasteiger charge is 2.36. The Balaban J connectivity index is 1.86. The minimum absolute atomic E-state index is 0.0522. The molecule has 0 aromatic carbocycles. The van der Waals surface area contributed by atoms with Crippen molar-refractivity contribution >= 4 is 5.91 Å². The third-order valence-electron chi connectivity index (χ3n) is 3.68. The molecule has 1 heterocycles. The van der Waals surface area contributed by atoms with Gasteiger partial charge in [0.2, 0.25) is 5.91 Å². The third kappa shape index (κ3) is 2.33. The first kappa shape index (κ1) is 10.9. The molecule has 2 fully saturated rings. The molecule has 0 radical (unpaired) electrons. The van der Waals surface area contributed by atoms with Crippen LogP contribution in [-0.4, -0.2) is 30.1 Å². The first-order chi connectivity index (χ1) is 7.09. The van der Waals surface area contributed by atoms with Crippen molar-refractivity contribution < 1.29 is 4.79 Å². The SMILES string of the molecule is CC(C)C1NCN(CC(C)C2CC2)C1=O. The van der Waals surface area contributed by atoms with Gasteiger partial charge in [-0.2, -0.15) is 0 Å². The molecule has 1 aliphatic carbocycles. The third-order valence-corrected chi connectivity index (χ3v) is 3.68. The average Bonchev–Trinajstić information content (AvgIpc) is 2.94. The van der Waals surface area contributed by atoms with Crippen molar-refractivity contribution in [2.45, 2.75) is 39.7 Å². The lowest BCUT2D eigenvalue weighted by Crippen LogP contribution is -2.36. The largest absolute Gasteiger partial charge is 0.328 e. The van der Waals surface area contributed by atoms with Crippen molar-refractivity contribution in [1.82, 2.24) is 10.2 Å². The lowest BCUT2D eigenvalue weighted by molar-refractivity contribution is -0.130. The van der Waals surface area contributed by atoms with Gasteiger partial charge in [-0.1, -0.05) is 20.8 Å². The van der Waals surface area contributed by atoms with E-state index in [9.17, 15) is 4.79 Å². The summed E-state index contributed by atoms with van der Waals surface area (Å²) in [6, 6.07) is 0.0522. The number of nitrogens with one attached hydrogen (secondary N) is 1. The van der Waals surface area contributed by atoms with Crippen molar-refractivity contribution in [1.29, 1.82) is 0 Å². The standard InChI is InChI=1S/C12H22N2O/c1-8(2)11-12(15)14(7-13-11)6-9(3)10-4-5-10/h8-11,13H,4-7H2,1-3H3. The van der Waals surface area contributed by atoms with Gasteiger partial charge in [0.05, 0.1) is 12.7 Å². The molecule has 1 saturated heterocycles. The van der Waals surface area contributed by atoms with Crippen molar-refractivity contribution in [3.8, 4) is 0 Å². The summed E-state index contributed by atoms with van der Waals surface area (Å²) in [6.07, 6.45) is 2.73. The molecule has 0 bridgehead atoms. The van der Waals surface area contributed by atoms with E-state index in [4.69, 9.17) is 0 Å². The molecular weight excluding hydrogens is 188 g/mol. The fourth-order valence-corrected chi connectivity index (χ4v) is 2.41. The topological polar surface area (TPSA) is 32.3 Å². The highest BCUT2D eigenvalue weighted by Crippen LogP contribution is 2.37. The van der Waals surface area contributed by atoms with E-state index >= 15 is 0 Å². The lowest BCUT2D eigenvalue weighted by atomic mass is 10.0. The van der Waals surface area contributed by atoms with Crippen LogP contribution in [0.15, 0.2) is 0 Å². The van der Waals surface area contributed by atoms with Crippen LogP contribution in [0.4, 0.5) is 0 Å². The smallest absolute Gasteiger partial charge is 0.241 e. The van der Waals surface area contributed by atoms with Gasteiger partial charge in [-0.05, 0) is 30.6 Å². The number of hydrogen-bond acceptors (Lipinski definition) is 2. The number of carbonyl (C=O) groups is 1. The van der Waals surface area contributed by atoms with Crippen molar-refractivity contribution in [2.75, 3.05) is 13.2 Å². The Hall–Kier alpha value is -0.570. The van der Waals surface area contributed by atoms with Gasteiger partial charge in [0.25, 0.3) is 0 Å². The zero-order valence-electron chi connectivity index (χ0n) is 9.99. The van der Waals surface area contributed by atoms with E-state index in [-0.39, 0.29) is 6.04 Å². The van der Waals surface area contributed by atoms with Gasteiger partial charge >= 0.3 is 0 Å². The Kier molecular flexibility index (Phi) is 3.01. The first-order valence-corrected chi connectivity index (χ1v) is 6.11. The molecule has 3 nitrogen and oxygen atoms in total. The number of nitrogens with zero attached hydrogens (tertiary/aromatic N) is 1. The van der Waals surface area contributed by atoms with E-state index in [0.29, 0.717) is 17.7 Å². The summed E-state index contributed by atoms with van der Waals surface area (Å²) in [7, 11) is 0. The van der Waals surface area contributed by atoms with Crippen molar-refractivity contribution in [3.05, 3.63) is 0 Å². The first-order valence-electron chi connectivity index (χ1n) is 6.11. The number of amides is 1. The molecule has 1 amide bonds. The van der Waals surface area contributed by atoms with Gasteiger partial charge in [0.1, 0.15) is 0 Å². The Morgan fingerprint density at radius 1 is 1.40 bits per heavy atom. The van der Waals surface area contributed by atoms with E-state index in [1.165, 1.54) is 12.8 Å². The molecule has 2 atom stereocenters. The van der Waals surface area contributed by atoms with Gasteiger partial charge in [-0.25, -0.2) is 0 Å². The van der Waals surface area contributed by atoms with Crippen LogP contribution in [-0.2, 0) is 4.79 Å². The Morgan fingerprint density at radius 3 is 2.53 bits per heavy atom. The van der Waals surface area contributed by atoms with E-state index in [1.54, 1.807) is 0 Å². The molecule has 1 N–H and O–H groups in total. The molecule has 86 valence electrons. The summed E-state index contributed by atoms with van der Waals surface area (Å²) in [5.41, 5.74) is 0. The van der Waals surface area contributed by atoms with Crippen LogP contribution >= 0.6 is 0 Å². The molecule has 0 aromatic rings. The molecule has 0 spiro atoms. The fraction of sp³-hybridized carbons (Fsp3) is 0.917. The molecule has 3 heteroatoms. The van der Waals surface area contributed by atoms with E-state index in [1.807, 2.05) is 4.90 Å². The molecule has 2 unspecified atom stereocenters. The second-order valence-electron chi connectivity index (χ2n) is 5.46. The van der Waals surface area contributed by atoms with Gasteiger partial charge in [-0.15, -0.1) is 0 Å². The second-order valence-corrected chi connectivity index (χ2v) is 5.46. The zero-order chi connectivity index (χ0) is 11.0. The summed E-state index contributed by atoms with van der Waals surface area (Å²) in [4.78, 5) is 14.0. The number of rotatable bonds is 4. The van der Waals surface area contributed by atoms with Crippen molar-refractivity contribution in [3.63, 3.8) is 0 Å². The Morgan fingerprint density at radius 2 is 2.07 bits per heavy atom. The predicted octanol–water partition coefficient (Wildman–Crippen LogP) is 1.45. The normalized spacial score (nSPS) is 28.9. The number of carbonyl (C=O) groups excluding carboxylic acids is 1. The molecule has 15 heavy (non-hydrogen) atoms. The van der Waals surface area contributed by atoms with Gasteiger partial charge in [0, 0.05) is 6.54 Å². The lowest BCUT2D eigenvalue weighted by Gasteiger charge is -2.20. The minimum atomic E-state index is 0.0522.